The van der Waals surface area contributed by atoms with E-state index in [9.17, 15) is 9.59 Å². The van der Waals surface area contributed by atoms with Crippen LogP contribution in [0.3, 0.4) is 0 Å². The average Bonchev–Trinajstić information content (AvgIpc) is 2.85. The van der Waals surface area contributed by atoms with E-state index in [1.54, 1.807) is 24.3 Å². The molecule has 5 heteroatoms. The molecular weight excluding hydrogens is 254 g/mol. The van der Waals surface area contributed by atoms with Crippen LogP contribution in [-0.4, -0.2) is 24.4 Å². The van der Waals surface area contributed by atoms with Crippen molar-refractivity contribution in [2.24, 2.45) is 11.7 Å². The predicted octanol–water partition coefficient (Wildman–Crippen LogP) is 1.50. The maximum absolute atomic E-state index is 12.1. The molecule has 2 atom stereocenters. The van der Waals surface area contributed by atoms with Gasteiger partial charge in [-0.2, -0.15) is 0 Å². The Morgan fingerprint density at radius 3 is 2.80 bits per heavy atom. The molecule has 0 aliphatic heterocycles. The second-order valence-electron chi connectivity index (χ2n) is 5.13. The van der Waals surface area contributed by atoms with Gasteiger partial charge in [-0.05, 0) is 38.0 Å². The molecule has 108 valence electrons. The third kappa shape index (κ3) is 3.36. The van der Waals surface area contributed by atoms with E-state index in [-0.39, 0.29) is 23.8 Å². The third-order valence-electron chi connectivity index (χ3n) is 3.64. The molecule has 5 nitrogen and oxygen atoms in total. The lowest BCUT2D eigenvalue weighted by Gasteiger charge is -2.15. The van der Waals surface area contributed by atoms with Gasteiger partial charge in [0.2, 0.25) is 5.91 Å². The highest BCUT2D eigenvalue weighted by molar-refractivity contribution is 5.97. The number of anilines is 1. The lowest BCUT2D eigenvalue weighted by molar-refractivity contribution is -0.120. The zero-order valence-electron chi connectivity index (χ0n) is 11.7. The maximum atomic E-state index is 12.1. The summed E-state index contributed by atoms with van der Waals surface area (Å²) >= 11 is 0. The van der Waals surface area contributed by atoms with Crippen molar-refractivity contribution in [1.29, 1.82) is 0 Å². The van der Waals surface area contributed by atoms with Crippen LogP contribution in [0.2, 0.25) is 0 Å². The van der Waals surface area contributed by atoms with E-state index in [0.717, 1.165) is 19.3 Å². The summed E-state index contributed by atoms with van der Waals surface area (Å²) in [5.41, 5.74) is 7.11. The van der Waals surface area contributed by atoms with Crippen LogP contribution in [0.1, 0.15) is 36.5 Å². The fraction of sp³-hybridized carbons (Fsp3) is 0.467. The van der Waals surface area contributed by atoms with Crippen molar-refractivity contribution >= 4 is 17.5 Å². The van der Waals surface area contributed by atoms with Crippen LogP contribution in [0.15, 0.2) is 24.3 Å². The highest BCUT2D eigenvalue weighted by Gasteiger charge is 2.30. The second-order valence-corrected chi connectivity index (χ2v) is 5.13. The second kappa shape index (κ2) is 6.52. The Kier molecular flexibility index (Phi) is 4.74. The van der Waals surface area contributed by atoms with Gasteiger partial charge in [0.1, 0.15) is 0 Å². The van der Waals surface area contributed by atoms with Crippen LogP contribution in [-0.2, 0) is 4.79 Å². The lowest BCUT2D eigenvalue weighted by Crippen LogP contribution is -2.34. The molecule has 20 heavy (non-hydrogen) atoms. The van der Waals surface area contributed by atoms with Gasteiger partial charge in [-0.15, -0.1) is 0 Å². The van der Waals surface area contributed by atoms with Gasteiger partial charge in [-0.25, -0.2) is 0 Å². The third-order valence-corrected chi connectivity index (χ3v) is 3.64. The van der Waals surface area contributed by atoms with Gasteiger partial charge in [0.15, 0.2) is 0 Å². The van der Waals surface area contributed by atoms with Gasteiger partial charge in [0.25, 0.3) is 5.91 Å². The van der Waals surface area contributed by atoms with Gasteiger partial charge >= 0.3 is 0 Å². The molecule has 2 amide bonds. The number of hydrogen-bond acceptors (Lipinski definition) is 3. The van der Waals surface area contributed by atoms with Crippen molar-refractivity contribution in [3.8, 4) is 0 Å². The lowest BCUT2D eigenvalue weighted by atomic mass is 10.0. The topological polar surface area (TPSA) is 84.2 Å². The van der Waals surface area contributed by atoms with E-state index >= 15 is 0 Å². The van der Waals surface area contributed by atoms with Crippen LogP contribution in [0.25, 0.3) is 0 Å². The highest BCUT2D eigenvalue weighted by Crippen LogP contribution is 2.25. The minimum Gasteiger partial charge on any atom is -0.352 e. The maximum Gasteiger partial charge on any atom is 0.251 e. The summed E-state index contributed by atoms with van der Waals surface area (Å²) in [5, 5.41) is 5.59. The summed E-state index contributed by atoms with van der Waals surface area (Å²) in [6.07, 6.45) is 2.73. The molecule has 0 bridgehead atoms. The van der Waals surface area contributed by atoms with E-state index in [0.29, 0.717) is 17.8 Å². The van der Waals surface area contributed by atoms with E-state index < -0.39 is 0 Å². The smallest absolute Gasteiger partial charge is 0.251 e. The summed E-state index contributed by atoms with van der Waals surface area (Å²) in [5.74, 6) is -0.313. The Labute approximate surface area is 118 Å². The van der Waals surface area contributed by atoms with E-state index in [1.165, 1.54) is 0 Å². The Morgan fingerprint density at radius 2 is 2.15 bits per heavy atom. The molecule has 0 heterocycles. The molecule has 1 fully saturated rings. The molecule has 1 aromatic rings. The van der Waals surface area contributed by atoms with Crippen molar-refractivity contribution < 1.29 is 9.59 Å². The molecule has 2 rings (SSSR count). The summed E-state index contributed by atoms with van der Waals surface area (Å²) < 4.78 is 0. The Morgan fingerprint density at radius 1 is 1.35 bits per heavy atom. The Bertz CT molecular complexity index is 502. The first-order chi connectivity index (χ1) is 9.61. The highest BCUT2D eigenvalue weighted by atomic mass is 16.2. The first kappa shape index (κ1) is 14.5. The molecule has 1 aromatic carbocycles. The first-order valence-corrected chi connectivity index (χ1v) is 7.06. The van der Waals surface area contributed by atoms with E-state index in [4.69, 9.17) is 5.73 Å². The molecular formula is C15H21N3O2. The Hall–Kier alpha value is -1.88. The van der Waals surface area contributed by atoms with Crippen molar-refractivity contribution in [3.63, 3.8) is 0 Å². The van der Waals surface area contributed by atoms with Crippen molar-refractivity contribution in [2.75, 3.05) is 11.9 Å². The molecule has 0 radical (unpaired) electrons. The van der Waals surface area contributed by atoms with Gasteiger partial charge in [0, 0.05) is 23.8 Å². The number of hydrogen-bond donors (Lipinski definition) is 3. The van der Waals surface area contributed by atoms with Crippen LogP contribution in [0.4, 0.5) is 5.69 Å². The molecule has 1 aliphatic carbocycles. The molecule has 1 aliphatic rings. The van der Waals surface area contributed by atoms with Gasteiger partial charge in [-0.3, -0.25) is 9.59 Å². The molecule has 0 saturated heterocycles. The van der Waals surface area contributed by atoms with Crippen molar-refractivity contribution in [1.82, 2.24) is 5.32 Å². The average molecular weight is 275 g/mol. The van der Waals surface area contributed by atoms with Gasteiger partial charge in [-0.1, -0.05) is 12.5 Å². The van der Waals surface area contributed by atoms with Crippen LogP contribution in [0, 0.1) is 5.92 Å². The predicted molar refractivity (Wildman–Crippen MR) is 78.4 cm³/mol. The van der Waals surface area contributed by atoms with Crippen LogP contribution in [0.5, 0.6) is 0 Å². The fourth-order valence-corrected chi connectivity index (χ4v) is 2.55. The van der Waals surface area contributed by atoms with Crippen LogP contribution >= 0.6 is 0 Å². The van der Waals surface area contributed by atoms with E-state index in [2.05, 4.69) is 10.6 Å². The Balaban J connectivity index is 2.04. The zero-order valence-corrected chi connectivity index (χ0v) is 11.7. The number of nitrogens with two attached hydrogens (primary N) is 1. The van der Waals surface area contributed by atoms with Crippen molar-refractivity contribution in [2.45, 2.75) is 32.2 Å². The minimum atomic E-state index is -0.138. The molecule has 0 aromatic heterocycles. The molecule has 2 unspecified atom stereocenters. The summed E-state index contributed by atoms with van der Waals surface area (Å²) in [7, 11) is 0. The number of rotatable bonds is 4. The number of carbonyl (C=O) groups excluding carboxylic acids is 2. The molecule has 4 N–H and O–H groups in total. The normalized spacial score (nSPS) is 21.5. The standard InChI is InChI=1S/C15H21N3O2/c1-2-17-14(19)10-5-3-6-11(9-10)18-15(20)12-7-4-8-13(12)16/h3,5-6,9,12-13H,2,4,7-8,16H2,1H3,(H,17,19)(H,18,20). The largest absolute Gasteiger partial charge is 0.352 e. The number of benzene rings is 1. The van der Waals surface area contributed by atoms with Gasteiger partial charge in [0.05, 0.1) is 5.92 Å². The fourth-order valence-electron chi connectivity index (χ4n) is 2.55. The zero-order chi connectivity index (χ0) is 14.5. The van der Waals surface area contributed by atoms with Gasteiger partial charge < -0.3 is 16.4 Å². The minimum absolute atomic E-state index is 0.0527. The molecule has 1 saturated carbocycles. The molecule has 0 spiro atoms. The monoisotopic (exact) mass is 275 g/mol. The van der Waals surface area contributed by atoms with E-state index in [1.807, 2.05) is 6.92 Å². The first-order valence-electron chi connectivity index (χ1n) is 7.06. The summed E-state index contributed by atoms with van der Waals surface area (Å²) in [6.45, 7) is 2.44. The number of amides is 2. The number of carbonyl (C=O) groups is 2. The summed E-state index contributed by atoms with van der Waals surface area (Å²) in [4.78, 5) is 23.9. The summed E-state index contributed by atoms with van der Waals surface area (Å²) in [6, 6.07) is 6.89. The van der Waals surface area contributed by atoms with Crippen molar-refractivity contribution in [3.05, 3.63) is 29.8 Å². The number of nitrogens with one attached hydrogen (secondary N) is 2. The SMILES string of the molecule is CCNC(=O)c1cccc(NC(=O)C2CCCC2N)c1. The quantitative estimate of drug-likeness (QED) is 0.778. The van der Waals surface area contributed by atoms with Crippen LogP contribution < -0.4 is 16.4 Å².